The van der Waals surface area contributed by atoms with Crippen molar-refractivity contribution in [3.63, 3.8) is 0 Å². The number of hydrogen-bond donors (Lipinski definition) is 1. The molecule has 0 radical (unpaired) electrons. The van der Waals surface area contributed by atoms with Crippen LogP contribution in [0.2, 0.25) is 0 Å². The van der Waals surface area contributed by atoms with Crippen molar-refractivity contribution >= 4 is 21.9 Å². The van der Waals surface area contributed by atoms with Gasteiger partial charge in [0.2, 0.25) is 0 Å². The molecule has 0 unspecified atom stereocenters. The highest BCUT2D eigenvalue weighted by atomic mass is 79.9. The van der Waals surface area contributed by atoms with E-state index < -0.39 is 23.0 Å². The molecule has 0 saturated heterocycles. The van der Waals surface area contributed by atoms with E-state index in [4.69, 9.17) is 10.5 Å². The number of benzene rings is 1. The zero-order valence-corrected chi connectivity index (χ0v) is 14.2. The number of hydrogen-bond acceptors (Lipinski definition) is 4. The van der Waals surface area contributed by atoms with Crippen molar-refractivity contribution in [3.05, 3.63) is 28.2 Å². The van der Waals surface area contributed by atoms with Crippen LogP contribution in [0.25, 0.3) is 0 Å². The molecule has 7 heteroatoms. The number of esters is 1. The van der Waals surface area contributed by atoms with Crippen LogP contribution < -0.4 is 10.5 Å². The lowest BCUT2D eigenvalue weighted by Gasteiger charge is -2.46. The standard InChI is InChI=1S/C15H18BrF2NO3/c1-4-21-12(20)15(17,18)14(19)8-13(2,3)22-11-6-5-9(16)7-10(11)14/h5-7H,4,8,19H2,1-3H3/t14-/m1/s1. The Bertz CT molecular complexity index is 606. The highest BCUT2D eigenvalue weighted by Gasteiger charge is 2.63. The van der Waals surface area contributed by atoms with Gasteiger partial charge in [-0.25, -0.2) is 4.79 Å². The van der Waals surface area contributed by atoms with E-state index in [-0.39, 0.29) is 24.3 Å². The number of rotatable bonds is 3. The zero-order chi connectivity index (χ0) is 16.8. The Hall–Kier alpha value is -1.21. The number of alkyl halides is 2. The summed E-state index contributed by atoms with van der Waals surface area (Å²) in [6.07, 6.45) is -0.227. The van der Waals surface area contributed by atoms with E-state index in [1.54, 1.807) is 26.0 Å². The first-order valence-electron chi connectivity index (χ1n) is 6.86. The van der Waals surface area contributed by atoms with E-state index in [9.17, 15) is 13.6 Å². The van der Waals surface area contributed by atoms with Crippen LogP contribution in [-0.4, -0.2) is 24.1 Å². The maximum absolute atomic E-state index is 14.8. The molecule has 2 N–H and O–H groups in total. The summed E-state index contributed by atoms with van der Waals surface area (Å²) in [7, 11) is 0. The van der Waals surface area contributed by atoms with Crippen LogP contribution in [0.5, 0.6) is 5.75 Å². The third-order valence-electron chi connectivity index (χ3n) is 3.61. The monoisotopic (exact) mass is 377 g/mol. The van der Waals surface area contributed by atoms with Crippen molar-refractivity contribution in [1.82, 2.24) is 0 Å². The van der Waals surface area contributed by atoms with Crippen molar-refractivity contribution < 1.29 is 23.0 Å². The number of carbonyl (C=O) groups is 1. The molecule has 0 amide bonds. The van der Waals surface area contributed by atoms with Gasteiger partial charge in [-0.15, -0.1) is 0 Å². The fourth-order valence-corrected chi connectivity index (χ4v) is 3.09. The van der Waals surface area contributed by atoms with Crippen molar-refractivity contribution in [2.24, 2.45) is 5.73 Å². The van der Waals surface area contributed by atoms with Gasteiger partial charge in [-0.05, 0) is 39.0 Å². The van der Waals surface area contributed by atoms with Gasteiger partial charge in [-0.1, -0.05) is 15.9 Å². The second-order valence-electron chi connectivity index (χ2n) is 5.95. The Morgan fingerprint density at radius 1 is 1.50 bits per heavy atom. The smallest absolute Gasteiger partial charge is 0.379 e. The SMILES string of the molecule is CCOC(=O)C(F)(F)[C@@]1(N)CC(C)(C)Oc2ccc(Br)cc21. The normalized spacial score (nSPS) is 23.4. The molecule has 0 spiro atoms. The average molecular weight is 378 g/mol. The van der Waals surface area contributed by atoms with E-state index in [2.05, 4.69) is 20.7 Å². The molecule has 1 heterocycles. The molecule has 122 valence electrons. The zero-order valence-electron chi connectivity index (χ0n) is 12.6. The topological polar surface area (TPSA) is 61.5 Å². The minimum atomic E-state index is -3.88. The van der Waals surface area contributed by atoms with Crippen molar-refractivity contribution in [1.29, 1.82) is 0 Å². The summed E-state index contributed by atoms with van der Waals surface area (Å²) in [4.78, 5) is 11.8. The molecule has 2 rings (SSSR count). The number of ether oxygens (including phenoxy) is 2. The summed E-state index contributed by atoms with van der Waals surface area (Å²) >= 11 is 3.23. The van der Waals surface area contributed by atoms with Crippen LogP contribution in [0.3, 0.4) is 0 Å². The van der Waals surface area contributed by atoms with E-state index in [1.807, 2.05) is 0 Å². The van der Waals surface area contributed by atoms with E-state index in [0.29, 0.717) is 4.47 Å². The second kappa shape index (κ2) is 5.45. The Morgan fingerprint density at radius 3 is 2.73 bits per heavy atom. The minimum absolute atomic E-state index is 0.0826. The third-order valence-corrected chi connectivity index (χ3v) is 4.10. The first-order valence-corrected chi connectivity index (χ1v) is 7.66. The summed E-state index contributed by atoms with van der Waals surface area (Å²) in [6, 6.07) is 4.68. The van der Waals surface area contributed by atoms with Crippen LogP contribution in [0.15, 0.2) is 22.7 Å². The second-order valence-corrected chi connectivity index (χ2v) is 6.86. The first kappa shape index (κ1) is 17.1. The minimum Gasteiger partial charge on any atom is -0.487 e. The summed E-state index contributed by atoms with van der Waals surface area (Å²) in [5.41, 5.74) is 3.01. The lowest BCUT2D eigenvalue weighted by atomic mass is 9.74. The average Bonchev–Trinajstić information content (AvgIpc) is 2.39. The van der Waals surface area contributed by atoms with Crippen LogP contribution >= 0.6 is 15.9 Å². The van der Waals surface area contributed by atoms with Gasteiger partial charge in [-0.3, -0.25) is 0 Å². The molecule has 0 aromatic heterocycles. The molecule has 0 saturated carbocycles. The van der Waals surface area contributed by atoms with Gasteiger partial charge < -0.3 is 15.2 Å². The summed E-state index contributed by atoms with van der Waals surface area (Å²) < 4.78 is 40.3. The summed E-state index contributed by atoms with van der Waals surface area (Å²) in [5.74, 6) is -5.26. The lowest BCUT2D eigenvalue weighted by Crippen LogP contribution is -2.62. The fraction of sp³-hybridized carbons (Fsp3) is 0.533. The van der Waals surface area contributed by atoms with Gasteiger partial charge in [0.15, 0.2) is 0 Å². The van der Waals surface area contributed by atoms with Gasteiger partial charge >= 0.3 is 11.9 Å². The molecule has 1 atom stereocenters. The Balaban J connectivity index is 2.62. The maximum atomic E-state index is 14.8. The molecular formula is C15H18BrF2NO3. The first-order chi connectivity index (χ1) is 10.0. The Morgan fingerprint density at radius 2 is 2.14 bits per heavy atom. The predicted molar refractivity (Wildman–Crippen MR) is 80.9 cm³/mol. The van der Waals surface area contributed by atoms with Gasteiger partial charge in [-0.2, -0.15) is 8.78 Å². The fourth-order valence-electron chi connectivity index (χ4n) is 2.72. The molecule has 0 fully saturated rings. The number of halogens is 3. The largest absolute Gasteiger partial charge is 0.487 e. The van der Waals surface area contributed by atoms with Crippen LogP contribution in [0, 0.1) is 0 Å². The summed E-state index contributed by atoms with van der Waals surface area (Å²) in [5, 5.41) is 0. The number of carbonyl (C=O) groups excluding carboxylic acids is 1. The highest BCUT2D eigenvalue weighted by molar-refractivity contribution is 9.10. The van der Waals surface area contributed by atoms with Gasteiger partial charge in [0.25, 0.3) is 0 Å². The van der Waals surface area contributed by atoms with Gasteiger partial charge in [0.05, 0.1) is 6.61 Å². The third kappa shape index (κ3) is 2.72. The Labute approximate surface area is 136 Å². The maximum Gasteiger partial charge on any atom is 0.379 e. The molecule has 1 aromatic carbocycles. The van der Waals surface area contributed by atoms with Gasteiger partial charge in [0.1, 0.15) is 16.9 Å². The number of nitrogens with two attached hydrogens (primary N) is 1. The molecule has 1 aliphatic rings. The molecule has 1 aliphatic heterocycles. The molecule has 0 aliphatic carbocycles. The quantitative estimate of drug-likeness (QED) is 0.820. The molecule has 0 bridgehead atoms. The predicted octanol–water partition coefficient (Wildman–Crippen LogP) is 3.36. The van der Waals surface area contributed by atoms with Crippen LogP contribution in [0.4, 0.5) is 8.78 Å². The molecule has 22 heavy (non-hydrogen) atoms. The highest BCUT2D eigenvalue weighted by Crippen LogP contribution is 2.50. The van der Waals surface area contributed by atoms with Crippen molar-refractivity contribution in [2.75, 3.05) is 6.61 Å². The van der Waals surface area contributed by atoms with Gasteiger partial charge in [0, 0.05) is 16.5 Å². The van der Waals surface area contributed by atoms with E-state index in [0.717, 1.165) is 0 Å². The lowest BCUT2D eigenvalue weighted by molar-refractivity contribution is -0.189. The van der Waals surface area contributed by atoms with E-state index in [1.165, 1.54) is 13.0 Å². The summed E-state index contributed by atoms with van der Waals surface area (Å²) in [6.45, 7) is 4.63. The molecule has 1 aromatic rings. The van der Waals surface area contributed by atoms with Crippen LogP contribution in [0.1, 0.15) is 32.8 Å². The van der Waals surface area contributed by atoms with E-state index >= 15 is 0 Å². The molecule has 4 nitrogen and oxygen atoms in total. The molecular weight excluding hydrogens is 360 g/mol. The van der Waals surface area contributed by atoms with Crippen molar-refractivity contribution in [3.8, 4) is 5.75 Å². The van der Waals surface area contributed by atoms with Crippen molar-refractivity contribution in [2.45, 2.75) is 44.3 Å². The van der Waals surface area contributed by atoms with Crippen LogP contribution in [-0.2, 0) is 15.1 Å². The number of fused-ring (bicyclic) bond motifs is 1. The Kier molecular flexibility index (Phi) is 4.25.